The number of nitrogens with one attached hydrogen (secondary N) is 2. The van der Waals surface area contributed by atoms with Crippen molar-refractivity contribution < 1.29 is 14.4 Å². The number of amides is 4. The Morgan fingerprint density at radius 3 is 2.58 bits per heavy atom. The molecule has 0 bridgehead atoms. The minimum Gasteiger partial charge on any atom is -0.354 e. The van der Waals surface area contributed by atoms with Crippen molar-refractivity contribution in [2.24, 2.45) is 0 Å². The fourth-order valence-electron chi connectivity index (χ4n) is 3.49. The predicted octanol–water partition coefficient (Wildman–Crippen LogP) is 1.42. The minimum atomic E-state index is -0.745. The van der Waals surface area contributed by atoms with E-state index in [9.17, 15) is 19.2 Å². The lowest BCUT2D eigenvalue weighted by Crippen LogP contribution is -2.34. The van der Waals surface area contributed by atoms with Crippen molar-refractivity contribution in [2.45, 2.75) is 25.4 Å². The third-order valence-electron chi connectivity index (χ3n) is 5.10. The number of carbonyl (C=O) groups excluding carboxylic acids is 3. The Labute approximate surface area is 177 Å². The average molecular weight is 419 g/mol. The van der Waals surface area contributed by atoms with Crippen molar-refractivity contribution in [3.8, 4) is 0 Å². The van der Waals surface area contributed by atoms with Crippen molar-refractivity contribution in [3.63, 3.8) is 0 Å². The lowest BCUT2D eigenvalue weighted by Gasteiger charge is -2.12. The highest BCUT2D eigenvalue weighted by Crippen LogP contribution is 2.20. The van der Waals surface area contributed by atoms with Gasteiger partial charge in [-0.1, -0.05) is 30.3 Å². The van der Waals surface area contributed by atoms with Crippen LogP contribution in [0.3, 0.4) is 0 Å². The number of hydrogen-bond donors (Lipinski definition) is 2. The summed E-state index contributed by atoms with van der Waals surface area (Å²) < 4.78 is 1.45. The maximum absolute atomic E-state index is 12.5. The number of carbonyl (C=O) groups is 3. The van der Waals surface area contributed by atoms with E-state index in [2.05, 4.69) is 15.6 Å². The Morgan fingerprint density at radius 1 is 1.03 bits per heavy atom. The number of para-hydroxylation sites is 2. The molecule has 9 heteroatoms. The summed E-state index contributed by atoms with van der Waals surface area (Å²) in [6, 6.07) is 14.5. The van der Waals surface area contributed by atoms with Gasteiger partial charge in [-0.05, 0) is 30.7 Å². The number of benzene rings is 2. The molecule has 1 aromatic heterocycles. The van der Waals surface area contributed by atoms with E-state index < -0.39 is 12.1 Å². The molecule has 2 N–H and O–H groups in total. The summed E-state index contributed by atoms with van der Waals surface area (Å²) >= 11 is 0. The van der Waals surface area contributed by atoms with Crippen LogP contribution in [0.4, 0.5) is 10.5 Å². The number of rotatable bonds is 7. The lowest BCUT2D eigenvalue weighted by molar-refractivity contribution is -0.121. The zero-order valence-corrected chi connectivity index (χ0v) is 16.7. The molecule has 4 rings (SSSR count). The molecule has 0 aliphatic carbocycles. The van der Waals surface area contributed by atoms with E-state index >= 15 is 0 Å². The van der Waals surface area contributed by atoms with Crippen molar-refractivity contribution in [1.82, 2.24) is 20.2 Å². The molecule has 0 spiro atoms. The largest absolute Gasteiger partial charge is 0.354 e. The van der Waals surface area contributed by atoms with Crippen molar-refractivity contribution in [1.29, 1.82) is 0 Å². The van der Waals surface area contributed by atoms with Gasteiger partial charge in [0.05, 0.1) is 22.9 Å². The Morgan fingerprint density at radius 2 is 1.77 bits per heavy atom. The van der Waals surface area contributed by atoms with Crippen LogP contribution in [-0.4, -0.2) is 40.0 Å². The standard InChI is InChI=1S/C22H21N5O4/c28-19(23-12-13-26-14-24-17-9-5-4-8-16(17)20(26)29)11-10-18-21(30)27(22(31)25-18)15-6-2-1-3-7-15/h1-9,14,18H,10-13H2,(H,23,28)(H,25,31). The van der Waals surface area contributed by atoms with Crippen molar-refractivity contribution >= 4 is 34.4 Å². The molecular weight excluding hydrogens is 398 g/mol. The number of imide groups is 1. The van der Waals surface area contributed by atoms with Gasteiger partial charge in [-0.25, -0.2) is 14.7 Å². The smallest absolute Gasteiger partial charge is 0.329 e. The van der Waals surface area contributed by atoms with Crippen LogP contribution in [0.15, 0.2) is 65.7 Å². The second-order valence-electron chi connectivity index (χ2n) is 7.16. The Kier molecular flexibility index (Phi) is 5.74. The van der Waals surface area contributed by atoms with E-state index in [1.165, 1.54) is 10.9 Å². The number of hydrogen-bond acceptors (Lipinski definition) is 5. The topological polar surface area (TPSA) is 113 Å². The molecule has 158 valence electrons. The lowest BCUT2D eigenvalue weighted by atomic mass is 10.1. The first kappa shape index (κ1) is 20.3. The highest BCUT2D eigenvalue weighted by atomic mass is 16.2. The van der Waals surface area contributed by atoms with Gasteiger partial charge in [-0.3, -0.25) is 19.0 Å². The second kappa shape index (κ2) is 8.78. The highest BCUT2D eigenvalue weighted by Gasteiger charge is 2.38. The summed E-state index contributed by atoms with van der Waals surface area (Å²) in [6.07, 6.45) is 1.73. The Hall–Kier alpha value is -4.01. The molecule has 1 fully saturated rings. The van der Waals surface area contributed by atoms with Crippen LogP contribution in [0.5, 0.6) is 0 Å². The van der Waals surface area contributed by atoms with E-state index in [0.717, 1.165) is 4.90 Å². The number of anilines is 1. The summed E-state index contributed by atoms with van der Waals surface area (Å²) in [6.45, 7) is 0.531. The van der Waals surface area contributed by atoms with E-state index in [1.54, 1.807) is 48.5 Å². The van der Waals surface area contributed by atoms with Crippen LogP contribution >= 0.6 is 0 Å². The van der Waals surface area contributed by atoms with Crippen LogP contribution in [0.1, 0.15) is 12.8 Å². The Bertz CT molecular complexity index is 1190. The van der Waals surface area contributed by atoms with E-state index in [4.69, 9.17) is 0 Å². The molecule has 9 nitrogen and oxygen atoms in total. The van der Waals surface area contributed by atoms with E-state index in [-0.39, 0.29) is 43.3 Å². The van der Waals surface area contributed by atoms with Gasteiger partial charge in [-0.2, -0.15) is 0 Å². The zero-order chi connectivity index (χ0) is 21.8. The van der Waals surface area contributed by atoms with Crippen LogP contribution < -0.4 is 21.1 Å². The maximum Gasteiger partial charge on any atom is 0.329 e. The summed E-state index contributed by atoms with van der Waals surface area (Å²) in [7, 11) is 0. The zero-order valence-electron chi connectivity index (χ0n) is 16.7. The molecule has 3 aromatic rings. The summed E-state index contributed by atoms with van der Waals surface area (Å²) in [5.41, 5.74) is 0.951. The molecule has 1 atom stereocenters. The molecule has 2 heterocycles. The van der Waals surface area contributed by atoms with Crippen LogP contribution in [0, 0.1) is 0 Å². The van der Waals surface area contributed by atoms with E-state index in [0.29, 0.717) is 16.6 Å². The molecule has 1 aliphatic rings. The van der Waals surface area contributed by atoms with Crippen molar-refractivity contribution in [2.75, 3.05) is 11.4 Å². The van der Waals surface area contributed by atoms with Crippen LogP contribution in [0.2, 0.25) is 0 Å². The quantitative estimate of drug-likeness (QED) is 0.563. The first-order valence-corrected chi connectivity index (χ1v) is 9.95. The fraction of sp³-hybridized carbons (Fsp3) is 0.227. The van der Waals surface area contributed by atoms with E-state index in [1.807, 2.05) is 6.07 Å². The maximum atomic E-state index is 12.5. The van der Waals surface area contributed by atoms with Crippen LogP contribution in [0.25, 0.3) is 10.9 Å². The second-order valence-corrected chi connectivity index (χ2v) is 7.16. The molecule has 1 aliphatic heterocycles. The SMILES string of the molecule is O=C(CCC1NC(=O)N(c2ccccc2)C1=O)NCCn1cnc2ccccc2c1=O. The van der Waals surface area contributed by atoms with Gasteiger partial charge in [-0.15, -0.1) is 0 Å². The average Bonchev–Trinajstić information content (AvgIpc) is 3.07. The molecule has 0 radical (unpaired) electrons. The molecule has 1 unspecified atom stereocenters. The summed E-state index contributed by atoms with van der Waals surface area (Å²) in [5.74, 6) is -0.639. The third kappa shape index (κ3) is 4.30. The highest BCUT2D eigenvalue weighted by molar-refractivity contribution is 6.21. The molecule has 4 amide bonds. The number of aromatic nitrogens is 2. The molecule has 31 heavy (non-hydrogen) atoms. The van der Waals surface area contributed by atoms with Gasteiger partial charge in [0.25, 0.3) is 11.5 Å². The van der Waals surface area contributed by atoms with Crippen LogP contribution in [-0.2, 0) is 16.1 Å². The molecule has 2 aromatic carbocycles. The summed E-state index contributed by atoms with van der Waals surface area (Å²) in [5, 5.41) is 5.88. The predicted molar refractivity (Wildman–Crippen MR) is 114 cm³/mol. The van der Waals surface area contributed by atoms with Gasteiger partial charge >= 0.3 is 6.03 Å². The van der Waals surface area contributed by atoms with Gasteiger partial charge in [0.2, 0.25) is 5.91 Å². The van der Waals surface area contributed by atoms with Gasteiger partial charge in [0, 0.05) is 19.5 Å². The van der Waals surface area contributed by atoms with Gasteiger partial charge < -0.3 is 10.6 Å². The van der Waals surface area contributed by atoms with Gasteiger partial charge in [0.15, 0.2) is 0 Å². The molecule has 0 saturated carbocycles. The first-order valence-electron chi connectivity index (χ1n) is 9.95. The number of nitrogens with zero attached hydrogens (tertiary/aromatic N) is 3. The fourth-order valence-corrected chi connectivity index (χ4v) is 3.49. The third-order valence-corrected chi connectivity index (χ3v) is 5.10. The first-order chi connectivity index (χ1) is 15.0. The monoisotopic (exact) mass is 419 g/mol. The Balaban J connectivity index is 1.27. The van der Waals surface area contributed by atoms with Gasteiger partial charge in [0.1, 0.15) is 6.04 Å². The number of urea groups is 1. The molecular formula is C22H21N5O4. The minimum absolute atomic E-state index is 0.0736. The summed E-state index contributed by atoms with van der Waals surface area (Å²) in [4.78, 5) is 54.6. The normalized spacial score (nSPS) is 15.9. The number of fused-ring (bicyclic) bond motifs is 1. The molecule has 1 saturated heterocycles. The van der Waals surface area contributed by atoms with Crippen molar-refractivity contribution in [3.05, 3.63) is 71.3 Å².